The van der Waals surface area contributed by atoms with E-state index in [-0.39, 0.29) is 22.3 Å². The highest BCUT2D eigenvalue weighted by atomic mass is 28.4. The van der Waals surface area contributed by atoms with Crippen LogP contribution in [0.15, 0.2) is 127 Å². The molecular weight excluding hydrogens is 713 g/mol. The molecule has 0 amide bonds. The van der Waals surface area contributed by atoms with E-state index in [1.165, 1.54) is 0 Å². The molecule has 0 unspecified atom stereocenters. The molecule has 3 rings (SSSR count). The number of allylic oxidation sites excluding steroid dienone is 5. The smallest absolute Gasteiger partial charge is 0.192 e. The summed E-state index contributed by atoms with van der Waals surface area (Å²) in [6, 6.07) is 26.8. The third-order valence-corrected chi connectivity index (χ3v) is 20.2. The first-order valence-corrected chi connectivity index (χ1v) is 25.7. The Hall–Kier alpha value is -3.47. The molecule has 0 saturated heterocycles. The predicted molar refractivity (Wildman–Crippen MR) is 238 cm³/mol. The SMILES string of the molecule is CC/C=C\C[C@@H](/C=C/C=C\C=C\[C@H](CCOC(c1ccccc1)(c1ccc(OC)cc1)c1ccc(OC)cc1)O[Si](C)(C)C(C)(C)C)O[Si](C)(C)C(C)(C)C. The van der Waals surface area contributed by atoms with Gasteiger partial charge in [0, 0.05) is 0 Å². The van der Waals surface area contributed by atoms with E-state index in [0.717, 1.165) is 41.0 Å². The fourth-order valence-electron chi connectivity index (χ4n) is 5.77. The molecule has 0 aliphatic rings. The third-order valence-electron chi connectivity index (χ3n) is 11.2. The van der Waals surface area contributed by atoms with Gasteiger partial charge in [-0.1, -0.05) is 152 Å². The molecular formula is C48H70O5Si2. The molecule has 3 aromatic rings. The summed E-state index contributed by atoms with van der Waals surface area (Å²) in [4.78, 5) is 0. The van der Waals surface area contributed by atoms with Crippen molar-refractivity contribution in [1.29, 1.82) is 0 Å². The molecule has 0 aromatic heterocycles. The zero-order valence-corrected chi connectivity index (χ0v) is 38.1. The van der Waals surface area contributed by atoms with Crippen LogP contribution >= 0.6 is 0 Å². The van der Waals surface area contributed by atoms with E-state index < -0.39 is 22.2 Å². The maximum atomic E-state index is 7.22. The Bertz CT molecular complexity index is 1630. The van der Waals surface area contributed by atoms with E-state index in [2.05, 4.69) is 172 Å². The predicted octanol–water partition coefficient (Wildman–Crippen LogP) is 13.2. The molecule has 5 nitrogen and oxygen atoms in total. The van der Waals surface area contributed by atoms with E-state index >= 15 is 0 Å². The van der Waals surface area contributed by atoms with Crippen molar-refractivity contribution in [1.82, 2.24) is 0 Å². The summed E-state index contributed by atoms with van der Waals surface area (Å²) in [5.74, 6) is 1.59. The minimum absolute atomic E-state index is 0.0467. The summed E-state index contributed by atoms with van der Waals surface area (Å²) in [5.41, 5.74) is 2.18. The van der Waals surface area contributed by atoms with Crippen LogP contribution in [-0.4, -0.2) is 49.7 Å². The van der Waals surface area contributed by atoms with Gasteiger partial charge in [0.25, 0.3) is 0 Å². The van der Waals surface area contributed by atoms with Gasteiger partial charge in [-0.3, -0.25) is 0 Å². The van der Waals surface area contributed by atoms with Crippen molar-refractivity contribution < 1.29 is 23.1 Å². The third kappa shape index (κ3) is 13.0. The van der Waals surface area contributed by atoms with Gasteiger partial charge in [-0.15, -0.1) is 0 Å². The second-order valence-corrected chi connectivity index (χ2v) is 26.8. The van der Waals surface area contributed by atoms with Crippen LogP contribution < -0.4 is 9.47 Å². The number of hydrogen-bond acceptors (Lipinski definition) is 5. The fraction of sp³-hybridized carbons (Fsp3) is 0.458. The molecule has 3 aromatic carbocycles. The lowest BCUT2D eigenvalue weighted by Crippen LogP contribution is -2.44. The van der Waals surface area contributed by atoms with Crippen molar-refractivity contribution in [3.05, 3.63) is 144 Å². The second kappa shape index (κ2) is 20.6. The Morgan fingerprint density at radius 1 is 0.564 bits per heavy atom. The summed E-state index contributed by atoms with van der Waals surface area (Å²) >= 11 is 0. The van der Waals surface area contributed by atoms with Gasteiger partial charge in [0.2, 0.25) is 0 Å². The van der Waals surface area contributed by atoms with Gasteiger partial charge < -0.3 is 23.1 Å². The summed E-state index contributed by atoms with van der Waals surface area (Å²) in [5, 5.41) is 0.211. The molecule has 2 atom stereocenters. The van der Waals surface area contributed by atoms with Gasteiger partial charge in [-0.05, 0) is 96.5 Å². The molecule has 0 bridgehead atoms. The van der Waals surface area contributed by atoms with E-state index in [4.69, 9.17) is 23.1 Å². The van der Waals surface area contributed by atoms with Crippen molar-refractivity contribution in [2.75, 3.05) is 20.8 Å². The lowest BCUT2D eigenvalue weighted by atomic mass is 9.80. The van der Waals surface area contributed by atoms with E-state index in [1.54, 1.807) is 14.2 Å². The van der Waals surface area contributed by atoms with Crippen LogP contribution in [0.4, 0.5) is 0 Å². The number of benzene rings is 3. The summed E-state index contributed by atoms with van der Waals surface area (Å²) < 4.78 is 32.1. The van der Waals surface area contributed by atoms with E-state index in [9.17, 15) is 0 Å². The quantitative estimate of drug-likeness (QED) is 0.0494. The highest BCUT2D eigenvalue weighted by Gasteiger charge is 2.41. The first-order valence-electron chi connectivity index (χ1n) is 19.9. The molecule has 0 heterocycles. The van der Waals surface area contributed by atoms with Crippen molar-refractivity contribution in [3.8, 4) is 11.5 Å². The highest BCUT2D eigenvalue weighted by molar-refractivity contribution is 6.74. The molecule has 0 radical (unpaired) electrons. The molecule has 0 N–H and O–H groups in total. The lowest BCUT2D eigenvalue weighted by Gasteiger charge is -2.39. The molecule has 0 fully saturated rings. The Morgan fingerprint density at radius 2 is 1.00 bits per heavy atom. The molecule has 300 valence electrons. The van der Waals surface area contributed by atoms with Crippen molar-refractivity contribution >= 4 is 16.6 Å². The zero-order chi connectivity index (χ0) is 40.8. The largest absolute Gasteiger partial charge is 0.497 e. The molecule has 0 saturated carbocycles. The fourth-order valence-corrected chi connectivity index (χ4v) is 8.37. The van der Waals surface area contributed by atoms with Crippen LogP contribution in [-0.2, 0) is 19.2 Å². The number of methoxy groups -OCH3 is 2. The number of hydrogen-bond donors (Lipinski definition) is 0. The maximum Gasteiger partial charge on any atom is 0.192 e. The molecule has 0 spiro atoms. The van der Waals surface area contributed by atoms with Crippen molar-refractivity contribution in [2.24, 2.45) is 0 Å². The zero-order valence-electron chi connectivity index (χ0n) is 36.1. The van der Waals surface area contributed by atoms with Crippen LogP contribution in [0, 0.1) is 0 Å². The van der Waals surface area contributed by atoms with Crippen molar-refractivity contribution in [2.45, 2.75) is 122 Å². The highest BCUT2D eigenvalue weighted by Crippen LogP contribution is 2.43. The van der Waals surface area contributed by atoms with Crippen LogP contribution in [0.5, 0.6) is 11.5 Å². The molecule has 55 heavy (non-hydrogen) atoms. The maximum absolute atomic E-state index is 7.22. The molecule has 0 aliphatic heterocycles. The van der Waals surface area contributed by atoms with E-state index in [0.29, 0.717) is 13.0 Å². The minimum Gasteiger partial charge on any atom is -0.497 e. The first kappa shape index (κ1) is 45.9. The molecule has 7 heteroatoms. The first-order chi connectivity index (χ1) is 25.9. The summed E-state index contributed by atoms with van der Waals surface area (Å²) in [6.45, 7) is 25.6. The van der Waals surface area contributed by atoms with E-state index in [1.807, 2.05) is 30.3 Å². The summed E-state index contributed by atoms with van der Waals surface area (Å²) in [7, 11) is -0.652. The average molecular weight is 783 g/mol. The Balaban J connectivity index is 1.95. The van der Waals surface area contributed by atoms with Crippen LogP contribution in [0.2, 0.25) is 36.3 Å². The normalized spacial score (nSPS) is 14.7. The van der Waals surface area contributed by atoms with Gasteiger partial charge in [-0.2, -0.15) is 0 Å². The van der Waals surface area contributed by atoms with Gasteiger partial charge in [-0.25, -0.2) is 0 Å². The number of rotatable bonds is 20. The molecule has 0 aliphatic carbocycles. The second-order valence-electron chi connectivity index (χ2n) is 17.2. The summed E-state index contributed by atoms with van der Waals surface area (Å²) in [6.07, 6.45) is 19.8. The van der Waals surface area contributed by atoms with Crippen LogP contribution in [0.25, 0.3) is 0 Å². The monoisotopic (exact) mass is 782 g/mol. The number of ether oxygens (including phenoxy) is 3. The Kier molecular flexibility index (Phi) is 17.2. The lowest BCUT2D eigenvalue weighted by molar-refractivity contribution is 0.000974. The van der Waals surface area contributed by atoms with Crippen LogP contribution in [0.1, 0.15) is 84.4 Å². The van der Waals surface area contributed by atoms with Gasteiger partial charge >= 0.3 is 0 Å². The van der Waals surface area contributed by atoms with Gasteiger partial charge in [0.1, 0.15) is 17.1 Å². The average Bonchev–Trinajstić information content (AvgIpc) is 3.14. The van der Waals surface area contributed by atoms with Gasteiger partial charge in [0.05, 0.1) is 33.0 Å². The Labute approximate surface area is 336 Å². The van der Waals surface area contributed by atoms with Gasteiger partial charge in [0.15, 0.2) is 16.6 Å². The van der Waals surface area contributed by atoms with Crippen LogP contribution in [0.3, 0.4) is 0 Å². The minimum atomic E-state index is -2.11. The Morgan fingerprint density at radius 3 is 1.44 bits per heavy atom. The topological polar surface area (TPSA) is 46.2 Å². The standard InChI is InChI=1S/C48H70O5Si2/c1-14-15-19-26-44(52-54(10,11)46(2,3)4)27-22-16-17-23-28-45(53-55(12,13)47(5,6)7)37-38-51-48(39-24-20-18-21-25-39,40-29-33-42(49-8)34-30-40)41-31-35-43(50-9)36-32-41/h15-25,27-36,44-45H,14,26,37-38H2,1-13H3/b17-16-,19-15-,27-22+,28-23+/t44-,45+/m0/s1. The van der Waals surface area contributed by atoms with Crippen molar-refractivity contribution in [3.63, 3.8) is 0 Å².